The molecule has 0 N–H and O–H groups in total. The van der Waals surface area contributed by atoms with Gasteiger partial charge in [0.2, 0.25) is 0 Å². The average Bonchev–Trinajstić information content (AvgIpc) is 3.73. The molecule has 270 valence electrons. The van der Waals surface area contributed by atoms with Crippen LogP contribution in [0.2, 0.25) is 0 Å². The molecule has 0 bridgehead atoms. The lowest BCUT2D eigenvalue weighted by molar-refractivity contribution is -0.0722. The van der Waals surface area contributed by atoms with Crippen LogP contribution < -0.4 is 4.90 Å². The first-order valence-electron chi connectivity index (χ1n) is 16.2. The first-order chi connectivity index (χ1) is 25.1. The Labute approximate surface area is 313 Å². The third-order valence-corrected chi connectivity index (χ3v) is 11.2. The van der Waals surface area contributed by atoms with Crippen LogP contribution in [0, 0.1) is 9.75 Å². The van der Waals surface area contributed by atoms with Gasteiger partial charge in [0.25, 0.3) is 11.8 Å². The quantitative estimate of drug-likeness (QED) is 0.0440. The summed E-state index contributed by atoms with van der Waals surface area (Å²) in [6.45, 7) is 3.26. The number of carbonyl (C=O) groups excluding carboxylic acids is 3. The molecule has 1 unspecified atom stereocenters. The number of nitrogens with zero attached hydrogens (tertiary/aromatic N) is 5. The van der Waals surface area contributed by atoms with Gasteiger partial charge in [0, 0.05) is 53.9 Å². The van der Waals surface area contributed by atoms with E-state index in [1.807, 2.05) is 29.5 Å². The minimum atomic E-state index is -3.60. The van der Waals surface area contributed by atoms with E-state index in [-0.39, 0.29) is 38.5 Å². The minimum absolute atomic E-state index is 0.0165. The Morgan fingerprint density at radius 2 is 1.42 bits per heavy atom. The molecule has 16 heteroatoms. The van der Waals surface area contributed by atoms with E-state index in [2.05, 4.69) is 15.0 Å². The number of imide groups is 1. The molecule has 6 rings (SSSR count). The number of fused-ring (bicyclic) bond motifs is 1. The van der Waals surface area contributed by atoms with E-state index >= 15 is 0 Å². The van der Waals surface area contributed by atoms with Gasteiger partial charge in [-0.1, -0.05) is 61.5 Å². The van der Waals surface area contributed by atoms with E-state index in [1.54, 1.807) is 102 Å². The summed E-state index contributed by atoms with van der Waals surface area (Å²) >= 11 is 1.92. The smallest absolute Gasteiger partial charge is 0.358 e. The Morgan fingerprint density at radius 1 is 0.885 bits per heavy atom. The molecule has 1 aliphatic rings. The van der Waals surface area contributed by atoms with Crippen molar-refractivity contribution in [3.05, 3.63) is 118 Å². The summed E-state index contributed by atoms with van der Waals surface area (Å²) in [7, 11) is -1.06. The maximum atomic E-state index is 14.1. The standard InChI is InChI=1S/C36H35IN5O9P/c1-22-29(51-35(45)26-18-12-7-13-19-26)27(20-49-23(2)52(46,47-3)48-4)50-34(22)41-21-38-28-30(41)39-36(37)40-31(28)42(32(43)24-14-8-5-9-15-24)33(44)25-16-10-6-11-17-25/h5-19,21-23,27,29,34H,20H2,1-4H3/t22-,23?,27-,29+,34-/m1/s1. The molecule has 5 aromatic rings. The van der Waals surface area contributed by atoms with Crippen molar-refractivity contribution in [2.75, 3.05) is 25.7 Å². The Morgan fingerprint density at radius 3 is 1.96 bits per heavy atom. The SMILES string of the molecule is COP(=O)(OC)C(C)OC[C@H]1O[C@@H](n2cnc3c(N(C(=O)c4ccccc4)C(=O)c4ccccc4)nc(I)nc32)[C@H](C)[C@@H]1OC(=O)c1ccccc1. The highest BCUT2D eigenvalue weighted by molar-refractivity contribution is 14.1. The van der Waals surface area contributed by atoms with Crippen LogP contribution in [0.15, 0.2) is 97.3 Å². The van der Waals surface area contributed by atoms with Gasteiger partial charge in [-0.05, 0) is 43.3 Å². The van der Waals surface area contributed by atoms with Gasteiger partial charge in [-0.2, -0.15) is 0 Å². The summed E-state index contributed by atoms with van der Waals surface area (Å²) in [5.74, 6) is -3.26. The monoisotopic (exact) mass is 839 g/mol. The fraction of sp³-hybridized carbons (Fsp3) is 0.278. The topological polar surface area (TPSA) is 161 Å². The van der Waals surface area contributed by atoms with Crippen LogP contribution in [0.1, 0.15) is 51.1 Å². The molecule has 3 heterocycles. The maximum Gasteiger partial charge on any atom is 0.358 e. The normalized spacial score (nSPS) is 19.3. The van der Waals surface area contributed by atoms with E-state index < -0.39 is 55.6 Å². The molecule has 2 aromatic heterocycles. The van der Waals surface area contributed by atoms with Crippen LogP contribution >= 0.6 is 30.2 Å². The van der Waals surface area contributed by atoms with Gasteiger partial charge >= 0.3 is 13.6 Å². The molecule has 3 aromatic carbocycles. The number of carbonyl (C=O) groups is 3. The summed E-state index contributed by atoms with van der Waals surface area (Å²) in [6, 6.07) is 25.4. The molecular weight excluding hydrogens is 804 g/mol. The average molecular weight is 840 g/mol. The van der Waals surface area contributed by atoms with Crippen molar-refractivity contribution in [3.63, 3.8) is 0 Å². The number of benzene rings is 3. The summed E-state index contributed by atoms with van der Waals surface area (Å²) in [4.78, 5) is 56.2. The third-order valence-electron chi connectivity index (χ3n) is 8.67. The van der Waals surface area contributed by atoms with Gasteiger partial charge < -0.3 is 23.3 Å². The second-order valence-electron chi connectivity index (χ2n) is 11.8. The number of rotatable bonds is 12. The maximum absolute atomic E-state index is 14.1. The van der Waals surface area contributed by atoms with Crippen molar-refractivity contribution in [2.45, 2.75) is 38.1 Å². The Bertz CT molecular complexity index is 2050. The van der Waals surface area contributed by atoms with Crippen molar-refractivity contribution < 1.29 is 42.2 Å². The third kappa shape index (κ3) is 7.56. The van der Waals surface area contributed by atoms with Gasteiger partial charge in [0.15, 0.2) is 26.7 Å². The summed E-state index contributed by atoms with van der Waals surface area (Å²) < 4.78 is 43.5. The fourth-order valence-electron chi connectivity index (χ4n) is 5.90. The predicted octanol–water partition coefficient (Wildman–Crippen LogP) is 6.53. The molecule has 14 nitrogen and oxygen atoms in total. The van der Waals surface area contributed by atoms with Crippen molar-refractivity contribution in [2.24, 2.45) is 5.92 Å². The molecule has 1 saturated heterocycles. The number of halogens is 1. The first kappa shape index (κ1) is 37.4. The molecule has 0 saturated carbocycles. The summed E-state index contributed by atoms with van der Waals surface area (Å²) in [5, 5.41) is 0. The zero-order valence-electron chi connectivity index (χ0n) is 28.6. The highest BCUT2D eigenvalue weighted by Crippen LogP contribution is 2.52. The van der Waals surface area contributed by atoms with Crippen LogP contribution in [-0.4, -0.2) is 76.2 Å². The number of hydrogen-bond acceptors (Lipinski definition) is 12. The van der Waals surface area contributed by atoms with E-state index in [4.69, 9.17) is 23.3 Å². The first-order valence-corrected chi connectivity index (χ1v) is 18.9. The van der Waals surface area contributed by atoms with E-state index in [1.165, 1.54) is 20.5 Å². The number of imidazole rings is 1. The Hall–Kier alpha value is -4.38. The van der Waals surface area contributed by atoms with Crippen molar-refractivity contribution >= 4 is 65.0 Å². The number of ether oxygens (including phenoxy) is 3. The van der Waals surface area contributed by atoms with Crippen LogP contribution in [-0.2, 0) is 27.8 Å². The summed E-state index contributed by atoms with van der Waals surface area (Å²) in [5.41, 5.74) is 1.32. The Kier molecular flexibility index (Phi) is 11.6. The molecule has 0 radical (unpaired) electrons. The second-order valence-corrected chi connectivity index (χ2v) is 15.3. The number of amides is 2. The second kappa shape index (κ2) is 16.1. The van der Waals surface area contributed by atoms with Crippen molar-refractivity contribution in [1.82, 2.24) is 19.5 Å². The predicted molar refractivity (Wildman–Crippen MR) is 198 cm³/mol. The number of hydrogen-bond donors (Lipinski definition) is 0. The Balaban J connectivity index is 1.39. The molecule has 2 amide bonds. The summed E-state index contributed by atoms with van der Waals surface area (Å²) in [6.07, 6.45) is -1.03. The van der Waals surface area contributed by atoms with Crippen LogP contribution in [0.3, 0.4) is 0 Å². The highest BCUT2D eigenvalue weighted by atomic mass is 127. The van der Waals surface area contributed by atoms with Crippen LogP contribution in [0.5, 0.6) is 0 Å². The largest absolute Gasteiger partial charge is 0.455 e. The van der Waals surface area contributed by atoms with E-state index in [0.717, 1.165) is 4.90 Å². The molecule has 0 aliphatic carbocycles. The number of esters is 1. The molecule has 1 aliphatic heterocycles. The van der Waals surface area contributed by atoms with E-state index in [9.17, 15) is 18.9 Å². The van der Waals surface area contributed by atoms with Crippen molar-refractivity contribution in [1.29, 1.82) is 0 Å². The number of anilines is 1. The van der Waals surface area contributed by atoms with Gasteiger partial charge in [-0.3, -0.25) is 18.7 Å². The van der Waals surface area contributed by atoms with Gasteiger partial charge in [-0.25, -0.2) is 24.6 Å². The molecular formula is C36H35IN5O9P. The lowest BCUT2D eigenvalue weighted by atomic mass is 10.0. The number of aromatic nitrogens is 4. The highest BCUT2D eigenvalue weighted by Gasteiger charge is 2.47. The molecule has 0 spiro atoms. The molecule has 1 fully saturated rings. The fourth-order valence-corrected chi connectivity index (χ4v) is 7.37. The van der Waals surface area contributed by atoms with Gasteiger partial charge in [-0.15, -0.1) is 0 Å². The van der Waals surface area contributed by atoms with Crippen LogP contribution in [0.4, 0.5) is 5.82 Å². The molecule has 5 atom stereocenters. The van der Waals surface area contributed by atoms with Gasteiger partial charge in [0.1, 0.15) is 18.4 Å². The lowest BCUT2D eigenvalue weighted by Gasteiger charge is -2.25. The lowest BCUT2D eigenvalue weighted by Crippen LogP contribution is -2.38. The minimum Gasteiger partial charge on any atom is -0.455 e. The van der Waals surface area contributed by atoms with Crippen molar-refractivity contribution in [3.8, 4) is 0 Å². The van der Waals surface area contributed by atoms with E-state index in [0.29, 0.717) is 5.56 Å². The molecule has 52 heavy (non-hydrogen) atoms. The zero-order chi connectivity index (χ0) is 37.0. The van der Waals surface area contributed by atoms with Crippen LogP contribution in [0.25, 0.3) is 11.2 Å². The van der Waals surface area contributed by atoms with Gasteiger partial charge in [0.05, 0.1) is 18.5 Å². The zero-order valence-corrected chi connectivity index (χ0v) is 31.6.